The molecule has 10 heteroatoms. The molecule has 2 aliphatic heterocycles. The molecular weight excluding hydrogens is 363 g/mol. The van der Waals surface area contributed by atoms with E-state index in [1.165, 1.54) is 4.90 Å². The number of amides is 2. The number of nitrogens with one attached hydrogen (secondary N) is 2. The van der Waals surface area contributed by atoms with Gasteiger partial charge >= 0.3 is 12.2 Å². The van der Waals surface area contributed by atoms with Crippen molar-refractivity contribution in [2.75, 3.05) is 50.8 Å². The number of rotatable bonds is 5. The first-order valence-electron chi connectivity index (χ1n) is 9.00. The van der Waals surface area contributed by atoms with Crippen LogP contribution in [0.5, 0.6) is 0 Å². The van der Waals surface area contributed by atoms with E-state index in [4.69, 9.17) is 4.74 Å². The summed E-state index contributed by atoms with van der Waals surface area (Å²) in [5, 5.41) is 5.50. The standard InChI is InChI=1S/C17H24F3N5O2/c18-17(19,20)12-24-4-2-14(11-24)23-16(26)22-10-13-1-3-21-15(9-13)25-5-7-27-8-6-25/h1,3,9,14H,2,4-8,10-12H2,(H2,22,23,26). The zero-order chi connectivity index (χ0) is 19.3. The summed E-state index contributed by atoms with van der Waals surface area (Å²) in [5.41, 5.74) is 0.909. The minimum atomic E-state index is -4.21. The van der Waals surface area contributed by atoms with Crippen LogP contribution in [0.3, 0.4) is 0 Å². The predicted octanol–water partition coefficient (Wildman–Crippen LogP) is 1.35. The van der Waals surface area contributed by atoms with E-state index < -0.39 is 12.7 Å². The van der Waals surface area contributed by atoms with Crippen molar-refractivity contribution in [3.8, 4) is 0 Å². The van der Waals surface area contributed by atoms with E-state index in [0.29, 0.717) is 32.7 Å². The molecule has 150 valence electrons. The highest BCUT2D eigenvalue weighted by molar-refractivity contribution is 5.74. The van der Waals surface area contributed by atoms with Gasteiger partial charge in [0.2, 0.25) is 0 Å². The summed E-state index contributed by atoms with van der Waals surface area (Å²) in [4.78, 5) is 19.8. The fraction of sp³-hybridized carbons (Fsp3) is 0.647. The minimum absolute atomic E-state index is 0.212. The molecule has 27 heavy (non-hydrogen) atoms. The molecule has 2 aliphatic rings. The molecule has 1 atom stereocenters. The molecule has 2 saturated heterocycles. The quantitative estimate of drug-likeness (QED) is 0.798. The largest absolute Gasteiger partial charge is 0.401 e. The lowest BCUT2D eigenvalue weighted by Gasteiger charge is -2.28. The number of alkyl halides is 3. The second-order valence-corrected chi connectivity index (χ2v) is 6.78. The van der Waals surface area contributed by atoms with Gasteiger partial charge in [-0.15, -0.1) is 0 Å². The Morgan fingerprint density at radius 1 is 1.30 bits per heavy atom. The number of hydrogen-bond acceptors (Lipinski definition) is 5. The first kappa shape index (κ1) is 19.7. The third kappa shape index (κ3) is 6.24. The molecule has 0 aromatic carbocycles. The van der Waals surface area contributed by atoms with Crippen molar-refractivity contribution in [1.29, 1.82) is 0 Å². The molecule has 0 saturated carbocycles. The fourth-order valence-electron chi connectivity index (χ4n) is 3.30. The lowest BCUT2D eigenvalue weighted by atomic mass is 10.2. The number of pyridine rings is 1. The zero-order valence-electron chi connectivity index (χ0n) is 15.0. The van der Waals surface area contributed by atoms with E-state index in [0.717, 1.165) is 24.5 Å². The van der Waals surface area contributed by atoms with E-state index in [9.17, 15) is 18.0 Å². The van der Waals surface area contributed by atoms with Gasteiger partial charge in [-0.1, -0.05) is 0 Å². The first-order chi connectivity index (χ1) is 12.9. The van der Waals surface area contributed by atoms with Gasteiger partial charge in [0.1, 0.15) is 5.82 Å². The Morgan fingerprint density at radius 2 is 2.07 bits per heavy atom. The van der Waals surface area contributed by atoms with Crippen molar-refractivity contribution < 1.29 is 22.7 Å². The summed E-state index contributed by atoms with van der Waals surface area (Å²) in [6, 6.07) is 3.10. The van der Waals surface area contributed by atoms with E-state index >= 15 is 0 Å². The van der Waals surface area contributed by atoms with Crippen LogP contribution < -0.4 is 15.5 Å². The number of carbonyl (C=O) groups is 1. The van der Waals surface area contributed by atoms with Crippen LogP contribution in [-0.2, 0) is 11.3 Å². The Hall–Kier alpha value is -2.07. The number of ether oxygens (including phenoxy) is 1. The third-order valence-electron chi connectivity index (χ3n) is 4.61. The topological polar surface area (TPSA) is 69.7 Å². The van der Waals surface area contributed by atoms with Crippen LogP contribution in [0.2, 0.25) is 0 Å². The highest BCUT2D eigenvalue weighted by Crippen LogP contribution is 2.20. The van der Waals surface area contributed by atoms with Crippen molar-refractivity contribution in [2.45, 2.75) is 25.2 Å². The summed E-state index contributed by atoms with van der Waals surface area (Å²) in [6.45, 7) is 2.82. The zero-order valence-corrected chi connectivity index (χ0v) is 15.0. The van der Waals surface area contributed by atoms with Gasteiger partial charge in [0.25, 0.3) is 0 Å². The molecular formula is C17H24F3N5O2. The number of halogens is 3. The molecule has 1 aromatic heterocycles. The highest BCUT2D eigenvalue weighted by atomic mass is 19.4. The molecule has 3 heterocycles. The first-order valence-corrected chi connectivity index (χ1v) is 9.00. The summed E-state index contributed by atoms with van der Waals surface area (Å²) >= 11 is 0. The molecule has 0 bridgehead atoms. The maximum atomic E-state index is 12.4. The van der Waals surface area contributed by atoms with Gasteiger partial charge in [0.05, 0.1) is 19.8 Å². The van der Waals surface area contributed by atoms with Gasteiger partial charge in [-0.3, -0.25) is 4.90 Å². The molecule has 1 unspecified atom stereocenters. The average molecular weight is 387 g/mol. The monoisotopic (exact) mass is 387 g/mol. The van der Waals surface area contributed by atoms with E-state index in [1.54, 1.807) is 6.20 Å². The Bertz CT molecular complexity index is 637. The summed E-state index contributed by atoms with van der Waals surface area (Å²) in [6.07, 6.45) is -2.00. The summed E-state index contributed by atoms with van der Waals surface area (Å²) < 4.78 is 42.6. The molecule has 0 aliphatic carbocycles. The number of aromatic nitrogens is 1. The second kappa shape index (κ2) is 8.75. The molecule has 0 radical (unpaired) electrons. The van der Waals surface area contributed by atoms with Crippen molar-refractivity contribution >= 4 is 11.8 Å². The highest BCUT2D eigenvalue weighted by Gasteiger charge is 2.34. The van der Waals surface area contributed by atoms with Crippen LogP contribution in [0, 0.1) is 0 Å². The molecule has 2 amide bonds. The lowest BCUT2D eigenvalue weighted by Crippen LogP contribution is -2.43. The fourth-order valence-corrected chi connectivity index (χ4v) is 3.30. The van der Waals surface area contributed by atoms with Gasteiger partial charge in [-0.05, 0) is 24.1 Å². The lowest BCUT2D eigenvalue weighted by molar-refractivity contribution is -0.143. The molecule has 1 aromatic rings. The third-order valence-corrected chi connectivity index (χ3v) is 4.61. The number of likely N-dealkylation sites (tertiary alicyclic amines) is 1. The molecule has 3 rings (SSSR count). The van der Waals surface area contributed by atoms with Crippen molar-refractivity contribution in [3.05, 3.63) is 23.9 Å². The predicted molar refractivity (Wildman–Crippen MR) is 93.5 cm³/mol. The molecule has 2 fully saturated rings. The number of hydrogen-bond donors (Lipinski definition) is 2. The Morgan fingerprint density at radius 3 is 2.81 bits per heavy atom. The Labute approximate surface area is 155 Å². The van der Waals surface area contributed by atoms with Crippen LogP contribution in [0.1, 0.15) is 12.0 Å². The van der Waals surface area contributed by atoms with Crippen LogP contribution in [0.15, 0.2) is 18.3 Å². The molecule has 0 spiro atoms. The van der Waals surface area contributed by atoms with Crippen molar-refractivity contribution in [1.82, 2.24) is 20.5 Å². The van der Waals surface area contributed by atoms with Crippen molar-refractivity contribution in [3.63, 3.8) is 0 Å². The second-order valence-electron chi connectivity index (χ2n) is 6.78. The number of nitrogens with zero attached hydrogens (tertiary/aromatic N) is 3. The van der Waals surface area contributed by atoms with Crippen LogP contribution in [0.4, 0.5) is 23.8 Å². The van der Waals surface area contributed by atoms with E-state index in [1.807, 2.05) is 12.1 Å². The number of carbonyl (C=O) groups excluding carboxylic acids is 1. The van der Waals surface area contributed by atoms with Crippen LogP contribution >= 0.6 is 0 Å². The summed E-state index contributed by atoms with van der Waals surface area (Å²) in [7, 11) is 0. The normalized spacial score (nSPS) is 21.3. The van der Waals surface area contributed by atoms with Gasteiger partial charge in [-0.2, -0.15) is 13.2 Å². The number of urea groups is 1. The number of morpholine rings is 1. The van der Waals surface area contributed by atoms with Crippen LogP contribution in [-0.4, -0.2) is 74.1 Å². The van der Waals surface area contributed by atoms with Crippen LogP contribution in [0.25, 0.3) is 0 Å². The smallest absolute Gasteiger partial charge is 0.378 e. The Kier molecular flexibility index (Phi) is 6.38. The molecule has 2 N–H and O–H groups in total. The minimum Gasteiger partial charge on any atom is -0.378 e. The van der Waals surface area contributed by atoms with Crippen molar-refractivity contribution in [2.24, 2.45) is 0 Å². The average Bonchev–Trinajstić information content (AvgIpc) is 3.06. The van der Waals surface area contributed by atoms with E-state index in [-0.39, 0.29) is 18.6 Å². The molecule has 7 nitrogen and oxygen atoms in total. The summed E-state index contributed by atoms with van der Waals surface area (Å²) in [5.74, 6) is 0.844. The maximum Gasteiger partial charge on any atom is 0.401 e. The SMILES string of the molecule is O=C(NCc1ccnc(N2CCOCC2)c1)NC1CCN(CC(F)(F)F)C1. The number of anilines is 1. The van der Waals surface area contributed by atoms with Gasteiger partial charge in [0.15, 0.2) is 0 Å². The van der Waals surface area contributed by atoms with Gasteiger partial charge < -0.3 is 20.3 Å². The van der Waals surface area contributed by atoms with Gasteiger partial charge in [-0.25, -0.2) is 9.78 Å². The maximum absolute atomic E-state index is 12.4. The van der Waals surface area contributed by atoms with Gasteiger partial charge in [0, 0.05) is 45.0 Å². The van der Waals surface area contributed by atoms with E-state index in [2.05, 4.69) is 20.5 Å². The Balaban J connectivity index is 1.43.